The van der Waals surface area contributed by atoms with Crippen LogP contribution in [0, 0.1) is 23.0 Å². The molecule has 192 valence electrons. The molecule has 1 fully saturated rings. The van der Waals surface area contributed by atoms with Gasteiger partial charge in [0.15, 0.2) is 0 Å². The van der Waals surface area contributed by atoms with E-state index in [0.29, 0.717) is 26.1 Å². The van der Waals surface area contributed by atoms with Crippen molar-refractivity contribution in [1.82, 2.24) is 34.5 Å². The molecule has 37 heavy (non-hydrogen) atoms. The molecule has 1 atom stereocenters. The largest absolute Gasteiger partial charge is 0.346 e. The van der Waals surface area contributed by atoms with Gasteiger partial charge in [0.25, 0.3) is 0 Å². The molecular formula is C26H27ClF2N8. The highest BCUT2D eigenvalue weighted by atomic mass is 35.5. The van der Waals surface area contributed by atoms with Crippen LogP contribution in [0.2, 0.25) is 5.02 Å². The van der Waals surface area contributed by atoms with E-state index in [4.69, 9.17) is 16.9 Å². The number of halogens is 3. The summed E-state index contributed by atoms with van der Waals surface area (Å²) in [5.74, 6) is -1.09. The van der Waals surface area contributed by atoms with Crippen molar-refractivity contribution in [3.05, 3.63) is 65.3 Å². The van der Waals surface area contributed by atoms with E-state index in [2.05, 4.69) is 35.9 Å². The van der Waals surface area contributed by atoms with Crippen molar-refractivity contribution in [3.8, 4) is 17.3 Å². The molecule has 5 rings (SSSR count). The fraction of sp³-hybridized carbons (Fsp3) is 0.385. The maximum Gasteiger partial charge on any atom is 0.142 e. The van der Waals surface area contributed by atoms with Crippen molar-refractivity contribution in [1.29, 1.82) is 5.26 Å². The zero-order valence-corrected chi connectivity index (χ0v) is 21.0. The maximum atomic E-state index is 14.3. The van der Waals surface area contributed by atoms with Gasteiger partial charge in [0.2, 0.25) is 0 Å². The molecule has 1 aromatic carbocycles. The van der Waals surface area contributed by atoms with Gasteiger partial charge in [0.1, 0.15) is 23.6 Å². The molecule has 4 aromatic rings. The number of unbranched alkanes of at least 4 members (excludes halogenated alkanes) is 1. The Kier molecular flexibility index (Phi) is 7.74. The van der Waals surface area contributed by atoms with Gasteiger partial charge in [-0.3, -0.25) is 14.5 Å². The molecular weight excluding hydrogens is 498 g/mol. The Bertz CT molecular complexity index is 1400. The van der Waals surface area contributed by atoms with Gasteiger partial charge >= 0.3 is 0 Å². The standard InChI is InChI=1S/C26H27ClF2N8/c27-24-21(22(28)4-5-23(24)29)16-35-9-11-36(12-10-35)19(3-1-2-7-30)15-37-14-18(13-34-37)25-20-6-8-31-26(20)33-17-32-25/h4-6,8,13-14,17,19H,1-3,9-12,15-16H2,(H,31,32,33)/t19-/m1/s1. The van der Waals surface area contributed by atoms with Crippen molar-refractivity contribution in [2.75, 3.05) is 26.2 Å². The number of aromatic nitrogens is 5. The lowest BCUT2D eigenvalue weighted by atomic mass is 10.1. The Labute approximate surface area is 218 Å². The van der Waals surface area contributed by atoms with E-state index < -0.39 is 11.6 Å². The molecule has 0 amide bonds. The predicted molar refractivity (Wildman–Crippen MR) is 137 cm³/mol. The third kappa shape index (κ3) is 5.64. The topological polar surface area (TPSA) is 89.7 Å². The van der Waals surface area contributed by atoms with Crippen molar-refractivity contribution in [2.24, 2.45) is 0 Å². The Morgan fingerprint density at radius 2 is 1.92 bits per heavy atom. The second kappa shape index (κ2) is 11.3. The van der Waals surface area contributed by atoms with Crippen LogP contribution in [0.5, 0.6) is 0 Å². The quantitative estimate of drug-likeness (QED) is 0.253. The van der Waals surface area contributed by atoms with E-state index in [0.717, 1.165) is 60.4 Å². The highest BCUT2D eigenvalue weighted by molar-refractivity contribution is 6.31. The van der Waals surface area contributed by atoms with E-state index in [1.54, 1.807) is 6.33 Å². The molecule has 0 radical (unpaired) electrons. The number of piperazine rings is 1. The first-order valence-electron chi connectivity index (χ1n) is 12.3. The normalized spacial score (nSPS) is 15.7. The van der Waals surface area contributed by atoms with Crippen LogP contribution in [-0.4, -0.2) is 66.8 Å². The number of nitrogens with one attached hydrogen (secondary N) is 1. The smallest absolute Gasteiger partial charge is 0.142 e. The molecule has 0 unspecified atom stereocenters. The van der Waals surface area contributed by atoms with Crippen LogP contribution in [0.15, 0.2) is 43.1 Å². The fourth-order valence-electron chi connectivity index (χ4n) is 4.93. The van der Waals surface area contributed by atoms with Crippen LogP contribution in [0.4, 0.5) is 8.78 Å². The van der Waals surface area contributed by atoms with E-state index in [1.165, 1.54) is 0 Å². The molecule has 1 N–H and O–H groups in total. The number of nitriles is 1. The molecule has 8 nitrogen and oxygen atoms in total. The number of rotatable bonds is 9. The van der Waals surface area contributed by atoms with E-state index >= 15 is 0 Å². The number of nitrogens with zero attached hydrogens (tertiary/aromatic N) is 7. The highest BCUT2D eigenvalue weighted by Gasteiger charge is 2.26. The van der Waals surface area contributed by atoms with Gasteiger partial charge < -0.3 is 4.98 Å². The maximum absolute atomic E-state index is 14.3. The van der Waals surface area contributed by atoms with Gasteiger partial charge in [0.05, 0.1) is 29.5 Å². The zero-order valence-electron chi connectivity index (χ0n) is 20.2. The Morgan fingerprint density at radius 1 is 1.11 bits per heavy atom. The van der Waals surface area contributed by atoms with Gasteiger partial charge in [-0.05, 0) is 31.0 Å². The minimum absolute atomic E-state index is 0.146. The minimum Gasteiger partial charge on any atom is -0.346 e. The number of benzene rings is 1. The van der Waals surface area contributed by atoms with Crippen LogP contribution >= 0.6 is 11.6 Å². The van der Waals surface area contributed by atoms with E-state index in [9.17, 15) is 8.78 Å². The Morgan fingerprint density at radius 3 is 2.73 bits per heavy atom. The molecule has 11 heteroatoms. The SMILES string of the molecule is N#CCCC[C@H](Cn1cc(-c2ncnc3[nH]ccc23)cn1)N1CCN(Cc2c(F)ccc(F)c2Cl)CC1. The van der Waals surface area contributed by atoms with Crippen LogP contribution in [0.3, 0.4) is 0 Å². The summed E-state index contributed by atoms with van der Waals surface area (Å²) in [6, 6.07) is 6.55. The number of fused-ring (bicyclic) bond motifs is 1. The number of hydrogen-bond donors (Lipinski definition) is 1. The summed E-state index contributed by atoms with van der Waals surface area (Å²) >= 11 is 6.03. The Balaban J connectivity index is 1.26. The van der Waals surface area contributed by atoms with E-state index in [-0.39, 0.29) is 23.2 Å². The molecule has 1 aliphatic rings. The molecule has 0 bridgehead atoms. The number of aromatic amines is 1. The average Bonchev–Trinajstić information content (AvgIpc) is 3.58. The van der Waals surface area contributed by atoms with Gasteiger partial charge in [-0.1, -0.05) is 11.6 Å². The summed E-state index contributed by atoms with van der Waals surface area (Å²) in [5, 5.41) is 14.4. The monoisotopic (exact) mass is 524 g/mol. The molecule has 1 saturated heterocycles. The molecule has 1 aliphatic heterocycles. The second-order valence-corrected chi connectivity index (χ2v) is 9.63. The van der Waals surface area contributed by atoms with Crippen LogP contribution < -0.4 is 0 Å². The van der Waals surface area contributed by atoms with Gasteiger partial charge in [0, 0.05) is 74.1 Å². The molecule has 0 aliphatic carbocycles. The summed E-state index contributed by atoms with van der Waals surface area (Å²) in [4.78, 5) is 16.3. The molecule has 0 saturated carbocycles. The van der Waals surface area contributed by atoms with Crippen LogP contribution in [0.25, 0.3) is 22.3 Å². The predicted octanol–water partition coefficient (Wildman–Crippen LogP) is 4.63. The lowest BCUT2D eigenvalue weighted by Gasteiger charge is -2.39. The zero-order chi connectivity index (χ0) is 25.8. The summed E-state index contributed by atoms with van der Waals surface area (Å²) in [6.07, 6.45) is 9.36. The summed E-state index contributed by atoms with van der Waals surface area (Å²) in [7, 11) is 0. The first kappa shape index (κ1) is 25.3. The molecule has 3 aromatic heterocycles. The fourth-order valence-corrected chi connectivity index (χ4v) is 5.15. The van der Waals surface area contributed by atoms with Gasteiger partial charge in [-0.25, -0.2) is 18.7 Å². The number of hydrogen-bond acceptors (Lipinski definition) is 6. The molecule has 4 heterocycles. The van der Waals surface area contributed by atoms with Crippen molar-refractivity contribution < 1.29 is 8.78 Å². The van der Waals surface area contributed by atoms with Crippen LogP contribution in [-0.2, 0) is 13.1 Å². The van der Waals surface area contributed by atoms with Crippen LogP contribution in [0.1, 0.15) is 24.8 Å². The van der Waals surface area contributed by atoms with Crippen molar-refractivity contribution in [2.45, 2.75) is 38.4 Å². The second-order valence-electron chi connectivity index (χ2n) is 9.25. The third-order valence-corrected chi connectivity index (χ3v) is 7.34. The number of H-pyrrole nitrogens is 1. The lowest BCUT2D eigenvalue weighted by Crippen LogP contribution is -2.51. The first-order chi connectivity index (χ1) is 18.0. The molecule has 0 spiro atoms. The van der Waals surface area contributed by atoms with Crippen molar-refractivity contribution in [3.63, 3.8) is 0 Å². The summed E-state index contributed by atoms with van der Waals surface area (Å²) in [5.41, 5.74) is 2.73. The first-order valence-corrected chi connectivity index (χ1v) is 12.7. The van der Waals surface area contributed by atoms with Gasteiger partial charge in [-0.2, -0.15) is 10.4 Å². The highest BCUT2D eigenvalue weighted by Crippen LogP contribution is 2.26. The van der Waals surface area contributed by atoms with Gasteiger partial charge in [-0.15, -0.1) is 0 Å². The lowest BCUT2D eigenvalue weighted by molar-refractivity contribution is 0.0776. The summed E-state index contributed by atoms with van der Waals surface area (Å²) in [6.45, 7) is 3.91. The minimum atomic E-state index is -0.605. The van der Waals surface area contributed by atoms with Crippen molar-refractivity contribution >= 4 is 22.6 Å². The van der Waals surface area contributed by atoms with E-state index in [1.807, 2.05) is 29.3 Å². The summed E-state index contributed by atoms with van der Waals surface area (Å²) < 4.78 is 30.0. The Hall–Kier alpha value is -3.39. The third-order valence-electron chi connectivity index (χ3n) is 6.93. The average molecular weight is 525 g/mol.